The van der Waals surface area contributed by atoms with Crippen LogP contribution >= 0.6 is 0 Å². The Kier molecular flexibility index (Phi) is 3.13. The molecule has 0 aliphatic heterocycles. The lowest BCUT2D eigenvalue weighted by Gasteiger charge is -2.05. The molecule has 0 saturated heterocycles. The van der Waals surface area contributed by atoms with Crippen molar-refractivity contribution in [2.75, 3.05) is 0 Å². The molecule has 1 heterocycles. The lowest BCUT2D eigenvalue weighted by Crippen LogP contribution is -2.11. The lowest BCUT2D eigenvalue weighted by atomic mass is 10.1. The van der Waals surface area contributed by atoms with Crippen LogP contribution in [0.5, 0.6) is 0 Å². The molecule has 0 unspecified atom stereocenters. The van der Waals surface area contributed by atoms with E-state index in [9.17, 15) is 13.6 Å². The fourth-order valence-electron chi connectivity index (χ4n) is 2.25. The molecule has 0 atom stereocenters. The van der Waals surface area contributed by atoms with Crippen molar-refractivity contribution in [3.63, 3.8) is 0 Å². The second-order valence-corrected chi connectivity index (χ2v) is 4.66. The average molecular weight is 287 g/mol. The number of rotatable bonds is 3. The van der Waals surface area contributed by atoms with Crippen LogP contribution in [0.2, 0.25) is 0 Å². The summed E-state index contributed by atoms with van der Waals surface area (Å²) in [6.45, 7) is 0.315. The van der Waals surface area contributed by atoms with Crippen LogP contribution in [-0.4, -0.2) is 15.5 Å². The first-order chi connectivity index (χ1) is 10.1. The molecule has 6 heteroatoms. The summed E-state index contributed by atoms with van der Waals surface area (Å²) in [6, 6.07) is 8.81. The Morgan fingerprint density at radius 2 is 2.00 bits per heavy atom. The SMILES string of the molecule is NC(=O)c1cccc2c1ncn2Cc1ccc(F)c(F)c1. The molecule has 0 aliphatic carbocycles. The number of primary amides is 1. The van der Waals surface area contributed by atoms with E-state index < -0.39 is 17.5 Å². The van der Waals surface area contributed by atoms with Gasteiger partial charge in [-0.25, -0.2) is 13.8 Å². The van der Waals surface area contributed by atoms with Gasteiger partial charge in [-0.3, -0.25) is 4.79 Å². The number of hydrogen-bond donors (Lipinski definition) is 1. The van der Waals surface area contributed by atoms with E-state index in [-0.39, 0.29) is 0 Å². The standard InChI is InChI=1S/C15H11F2N3O/c16-11-5-4-9(6-12(11)17)7-20-8-19-14-10(15(18)21)2-1-3-13(14)20/h1-6,8H,7H2,(H2,18,21). The average Bonchev–Trinajstić information content (AvgIpc) is 2.86. The van der Waals surface area contributed by atoms with Crippen molar-refractivity contribution >= 4 is 16.9 Å². The van der Waals surface area contributed by atoms with Crippen molar-refractivity contribution in [1.82, 2.24) is 9.55 Å². The maximum Gasteiger partial charge on any atom is 0.250 e. The molecule has 3 rings (SSSR count). The van der Waals surface area contributed by atoms with Crippen LogP contribution in [0.4, 0.5) is 8.78 Å². The molecule has 0 bridgehead atoms. The zero-order valence-electron chi connectivity index (χ0n) is 10.9. The molecule has 0 aliphatic rings. The maximum atomic E-state index is 13.2. The highest BCUT2D eigenvalue weighted by molar-refractivity contribution is 6.04. The molecule has 0 saturated carbocycles. The highest BCUT2D eigenvalue weighted by Crippen LogP contribution is 2.19. The summed E-state index contributed by atoms with van der Waals surface area (Å²) in [5.41, 5.74) is 7.42. The van der Waals surface area contributed by atoms with Crippen molar-refractivity contribution in [3.05, 3.63) is 65.5 Å². The zero-order valence-corrected chi connectivity index (χ0v) is 10.9. The van der Waals surface area contributed by atoms with Crippen molar-refractivity contribution in [1.29, 1.82) is 0 Å². The molecule has 1 amide bonds. The van der Waals surface area contributed by atoms with Gasteiger partial charge >= 0.3 is 0 Å². The number of para-hydroxylation sites is 1. The van der Waals surface area contributed by atoms with Crippen LogP contribution in [0.3, 0.4) is 0 Å². The molecule has 2 N–H and O–H groups in total. The minimum atomic E-state index is -0.894. The molecular formula is C15H11F2N3O. The Morgan fingerprint density at radius 1 is 1.19 bits per heavy atom. The number of amides is 1. The van der Waals surface area contributed by atoms with Crippen molar-refractivity contribution in [2.45, 2.75) is 6.54 Å². The number of benzene rings is 2. The van der Waals surface area contributed by atoms with E-state index in [0.717, 1.165) is 12.1 Å². The van der Waals surface area contributed by atoms with Gasteiger partial charge in [0.2, 0.25) is 0 Å². The Morgan fingerprint density at radius 3 is 2.71 bits per heavy atom. The maximum absolute atomic E-state index is 13.2. The van der Waals surface area contributed by atoms with E-state index in [4.69, 9.17) is 5.73 Å². The molecule has 0 spiro atoms. The molecule has 0 radical (unpaired) electrons. The minimum Gasteiger partial charge on any atom is -0.366 e. The first kappa shape index (κ1) is 13.2. The molecule has 0 fully saturated rings. The van der Waals surface area contributed by atoms with E-state index in [2.05, 4.69) is 4.98 Å². The Balaban J connectivity index is 2.03. The van der Waals surface area contributed by atoms with E-state index in [0.29, 0.717) is 28.7 Å². The number of imidazole rings is 1. The van der Waals surface area contributed by atoms with Crippen LogP contribution in [0, 0.1) is 11.6 Å². The second kappa shape index (κ2) is 4.97. The van der Waals surface area contributed by atoms with Gasteiger partial charge in [0.25, 0.3) is 5.91 Å². The molecule has 4 nitrogen and oxygen atoms in total. The summed E-state index contributed by atoms with van der Waals surface area (Å²) in [6.07, 6.45) is 1.54. The number of carbonyl (C=O) groups is 1. The van der Waals surface area contributed by atoms with Gasteiger partial charge < -0.3 is 10.3 Å². The van der Waals surface area contributed by atoms with Gasteiger partial charge in [0.1, 0.15) is 5.52 Å². The van der Waals surface area contributed by atoms with Crippen LogP contribution in [0.1, 0.15) is 15.9 Å². The summed E-state index contributed by atoms with van der Waals surface area (Å²) >= 11 is 0. The molecule has 21 heavy (non-hydrogen) atoms. The molecule has 1 aromatic heterocycles. The largest absolute Gasteiger partial charge is 0.366 e. The van der Waals surface area contributed by atoms with Gasteiger partial charge in [-0.1, -0.05) is 12.1 Å². The number of halogens is 2. The normalized spacial score (nSPS) is 11.0. The highest BCUT2D eigenvalue weighted by atomic mass is 19.2. The van der Waals surface area contributed by atoms with E-state index in [1.54, 1.807) is 29.1 Å². The number of nitrogens with two attached hydrogens (primary N) is 1. The van der Waals surface area contributed by atoms with Crippen molar-refractivity contribution < 1.29 is 13.6 Å². The fraction of sp³-hybridized carbons (Fsp3) is 0.0667. The Labute approximate surface area is 118 Å². The number of carbonyl (C=O) groups excluding carboxylic acids is 1. The third-order valence-corrected chi connectivity index (χ3v) is 3.25. The van der Waals surface area contributed by atoms with Crippen LogP contribution < -0.4 is 5.73 Å². The van der Waals surface area contributed by atoms with Gasteiger partial charge in [-0.2, -0.15) is 0 Å². The summed E-state index contributed by atoms with van der Waals surface area (Å²) in [5.74, 6) is -2.33. The number of nitrogens with zero attached hydrogens (tertiary/aromatic N) is 2. The third kappa shape index (κ3) is 2.35. The first-order valence-corrected chi connectivity index (χ1v) is 6.24. The van der Waals surface area contributed by atoms with Gasteiger partial charge in [0.05, 0.1) is 17.4 Å². The van der Waals surface area contributed by atoms with Crippen molar-refractivity contribution in [2.24, 2.45) is 5.73 Å². The van der Waals surface area contributed by atoms with Gasteiger partial charge in [0.15, 0.2) is 11.6 Å². The number of aromatic nitrogens is 2. The number of hydrogen-bond acceptors (Lipinski definition) is 2. The van der Waals surface area contributed by atoms with Gasteiger partial charge in [-0.15, -0.1) is 0 Å². The van der Waals surface area contributed by atoms with Crippen LogP contribution in [0.15, 0.2) is 42.7 Å². The summed E-state index contributed by atoms with van der Waals surface area (Å²) in [7, 11) is 0. The second-order valence-electron chi connectivity index (χ2n) is 4.66. The predicted octanol–water partition coefficient (Wildman–Crippen LogP) is 2.46. The van der Waals surface area contributed by atoms with Crippen LogP contribution in [-0.2, 0) is 6.54 Å². The summed E-state index contributed by atoms with van der Waals surface area (Å²) in [4.78, 5) is 15.5. The highest BCUT2D eigenvalue weighted by Gasteiger charge is 2.11. The molecule has 2 aromatic carbocycles. The Hall–Kier alpha value is -2.76. The Bertz CT molecular complexity index is 842. The van der Waals surface area contributed by atoms with Gasteiger partial charge in [0, 0.05) is 6.54 Å². The van der Waals surface area contributed by atoms with E-state index in [1.807, 2.05) is 0 Å². The van der Waals surface area contributed by atoms with Gasteiger partial charge in [-0.05, 0) is 29.8 Å². The topological polar surface area (TPSA) is 60.9 Å². The predicted molar refractivity (Wildman–Crippen MR) is 73.7 cm³/mol. The summed E-state index contributed by atoms with van der Waals surface area (Å²) < 4.78 is 27.9. The quantitative estimate of drug-likeness (QED) is 0.804. The van der Waals surface area contributed by atoms with E-state index >= 15 is 0 Å². The lowest BCUT2D eigenvalue weighted by molar-refractivity contribution is 0.100. The number of fused-ring (bicyclic) bond motifs is 1. The minimum absolute atomic E-state index is 0.315. The van der Waals surface area contributed by atoms with Crippen molar-refractivity contribution in [3.8, 4) is 0 Å². The van der Waals surface area contributed by atoms with Crippen LogP contribution in [0.25, 0.3) is 11.0 Å². The molecule has 3 aromatic rings. The molecular weight excluding hydrogens is 276 g/mol. The fourth-order valence-corrected chi connectivity index (χ4v) is 2.25. The molecule has 106 valence electrons. The zero-order chi connectivity index (χ0) is 15.0. The smallest absolute Gasteiger partial charge is 0.250 e. The third-order valence-electron chi connectivity index (χ3n) is 3.25. The first-order valence-electron chi connectivity index (χ1n) is 6.24. The summed E-state index contributed by atoms with van der Waals surface area (Å²) in [5, 5.41) is 0. The van der Waals surface area contributed by atoms with E-state index in [1.165, 1.54) is 6.07 Å². The monoisotopic (exact) mass is 287 g/mol.